The van der Waals surface area contributed by atoms with E-state index in [9.17, 15) is 9.59 Å². The van der Waals surface area contributed by atoms with Crippen LogP contribution >= 0.6 is 0 Å². The van der Waals surface area contributed by atoms with Crippen molar-refractivity contribution in [2.75, 3.05) is 0 Å². The number of benzene rings is 2. The van der Waals surface area contributed by atoms with Crippen molar-refractivity contribution >= 4 is 12.6 Å². The topological polar surface area (TPSA) is 34.1 Å². The van der Waals surface area contributed by atoms with Gasteiger partial charge in [0.2, 0.25) is 0 Å². The lowest BCUT2D eigenvalue weighted by atomic mass is 9.86. The number of rotatable bonds is 2. The summed E-state index contributed by atoms with van der Waals surface area (Å²) in [5.41, 5.74) is 7.70. The van der Waals surface area contributed by atoms with Crippen LogP contribution in [0.4, 0.5) is 0 Å². The van der Waals surface area contributed by atoms with Crippen LogP contribution in [0.1, 0.15) is 83.5 Å². The van der Waals surface area contributed by atoms with Gasteiger partial charge in [-0.1, -0.05) is 52.0 Å². The number of carbonyl (C=O) groups is 2. The Bertz CT molecular complexity index is 843. The highest BCUT2D eigenvalue weighted by atomic mass is 16.1. The number of fused-ring (bicyclic) bond motifs is 2. The second kappa shape index (κ2) is 6.83. The average Bonchev–Trinajstić information content (AvgIpc) is 3.11. The summed E-state index contributed by atoms with van der Waals surface area (Å²) >= 11 is 0. The van der Waals surface area contributed by atoms with Gasteiger partial charge in [-0.15, -0.1) is 0 Å². The van der Waals surface area contributed by atoms with Gasteiger partial charge in [-0.3, -0.25) is 9.59 Å². The fourth-order valence-corrected chi connectivity index (χ4v) is 4.23. The highest BCUT2D eigenvalue weighted by Gasteiger charge is 2.30. The van der Waals surface area contributed by atoms with E-state index in [1.54, 1.807) is 0 Å². The zero-order valence-corrected chi connectivity index (χ0v) is 16.3. The van der Waals surface area contributed by atoms with Crippen LogP contribution in [-0.4, -0.2) is 12.6 Å². The monoisotopic (exact) mass is 348 g/mol. The van der Waals surface area contributed by atoms with Gasteiger partial charge in [-0.2, -0.15) is 0 Å². The molecule has 26 heavy (non-hydrogen) atoms. The highest BCUT2D eigenvalue weighted by molar-refractivity contribution is 5.76. The smallest absolute Gasteiger partial charge is 0.150 e. The van der Waals surface area contributed by atoms with Gasteiger partial charge in [0.25, 0.3) is 0 Å². The number of aryl methyl sites for hydroxylation is 2. The third kappa shape index (κ3) is 3.51. The van der Waals surface area contributed by atoms with E-state index in [4.69, 9.17) is 0 Å². The molecule has 0 aliphatic heterocycles. The van der Waals surface area contributed by atoms with Crippen LogP contribution in [0.15, 0.2) is 36.4 Å². The maximum absolute atomic E-state index is 10.6. The van der Waals surface area contributed by atoms with Gasteiger partial charge >= 0.3 is 0 Å². The molecule has 0 unspecified atom stereocenters. The summed E-state index contributed by atoms with van der Waals surface area (Å²) in [6.45, 7) is 9.01. The molecule has 136 valence electrons. The fraction of sp³-hybridized carbons (Fsp3) is 0.417. The van der Waals surface area contributed by atoms with E-state index < -0.39 is 0 Å². The van der Waals surface area contributed by atoms with E-state index in [1.165, 1.54) is 35.1 Å². The summed E-state index contributed by atoms with van der Waals surface area (Å²) in [7, 11) is 0. The first-order chi connectivity index (χ1) is 12.3. The Kier molecular flexibility index (Phi) is 4.88. The van der Waals surface area contributed by atoms with Crippen molar-refractivity contribution < 1.29 is 9.59 Å². The molecule has 0 radical (unpaired) electrons. The first-order valence-electron chi connectivity index (χ1n) is 9.44. The average molecular weight is 348 g/mol. The lowest BCUT2D eigenvalue weighted by Crippen LogP contribution is -2.11. The molecule has 2 aliphatic rings. The molecule has 0 saturated heterocycles. The summed E-state index contributed by atoms with van der Waals surface area (Å²) in [5.74, 6) is 0. The van der Waals surface area contributed by atoms with E-state index in [1.807, 2.05) is 24.3 Å². The predicted octanol–water partition coefficient (Wildman–Crippen LogP) is 5.45. The molecule has 0 atom stereocenters. The van der Waals surface area contributed by atoms with E-state index in [2.05, 4.69) is 39.8 Å². The summed E-state index contributed by atoms with van der Waals surface area (Å²) in [6.07, 6.45) is 6.51. The van der Waals surface area contributed by atoms with Crippen molar-refractivity contribution in [1.82, 2.24) is 0 Å². The van der Waals surface area contributed by atoms with Crippen LogP contribution < -0.4 is 0 Å². The van der Waals surface area contributed by atoms with Gasteiger partial charge in [0.05, 0.1) is 0 Å². The molecule has 2 aromatic rings. The first kappa shape index (κ1) is 18.6. The lowest BCUT2D eigenvalue weighted by Gasteiger charge is -2.18. The van der Waals surface area contributed by atoms with Gasteiger partial charge in [-0.25, -0.2) is 0 Å². The molecule has 2 nitrogen and oxygen atoms in total. The van der Waals surface area contributed by atoms with E-state index in [-0.39, 0.29) is 5.41 Å². The fourth-order valence-electron chi connectivity index (χ4n) is 4.23. The minimum atomic E-state index is 0.258. The summed E-state index contributed by atoms with van der Waals surface area (Å²) in [6, 6.07) is 12.1. The second-order valence-corrected chi connectivity index (χ2v) is 8.84. The van der Waals surface area contributed by atoms with Crippen molar-refractivity contribution in [3.8, 4) is 0 Å². The lowest BCUT2D eigenvalue weighted by molar-refractivity contribution is 0.111. The maximum atomic E-state index is 10.6. The van der Waals surface area contributed by atoms with E-state index in [0.29, 0.717) is 5.41 Å². The third-order valence-corrected chi connectivity index (χ3v) is 6.03. The number of carbonyl (C=O) groups excluding carboxylic acids is 2. The largest absolute Gasteiger partial charge is 0.298 e. The maximum Gasteiger partial charge on any atom is 0.150 e. The first-order valence-corrected chi connectivity index (χ1v) is 9.44. The molecule has 0 aromatic heterocycles. The Hall–Kier alpha value is -2.22. The molecule has 0 N–H and O–H groups in total. The Labute approximate surface area is 156 Å². The highest BCUT2D eigenvalue weighted by Crippen LogP contribution is 2.39. The zero-order chi connectivity index (χ0) is 18.9. The van der Waals surface area contributed by atoms with Crippen molar-refractivity contribution in [3.63, 3.8) is 0 Å². The summed E-state index contributed by atoms with van der Waals surface area (Å²) in [5, 5.41) is 0. The van der Waals surface area contributed by atoms with Gasteiger partial charge in [0, 0.05) is 11.1 Å². The molecular formula is C24H28O2. The van der Waals surface area contributed by atoms with Crippen LogP contribution in [0, 0.1) is 0 Å². The molecule has 0 bridgehead atoms. The molecule has 0 saturated carbocycles. The Morgan fingerprint density at radius 2 is 1.23 bits per heavy atom. The molecular weight excluding hydrogens is 320 g/mol. The zero-order valence-electron chi connectivity index (χ0n) is 16.3. The summed E-state index contributed by atoms with van der Waals surface area (Å²) in [4.78, 5) is 21.2. The van der Waals surface area contributed by atoms with Crippen molar-refractivity contribution in [2.24, 2.45) is 0 Å². The number of aldehydes is 2. The van der Waals surface area contributed by atoms with Gasteiger partial charge in [0.15, 0.2) is 0 Å². The predicted molar refractivity (Wildman–Crippen MR) is 106 cm³/mol. The molecule has 2 heteroatoms. The second-order valence-electron chi connectivity index (χ2n) is 8.84. The molecule has 2 aliphatic carbocycles. The van der Waals surface area contributed by atoms with Crippen LogP contribution in [0.3, 0.4) is 0 Å². The molecule has 0 heterocycles. The molecule has 2 aromatic carbocycles. The normalized spacial score (nSPS) is 18.3. The Balaban J connectivity index is 0.000000151. The third-order valence-electron chi connectivity index (χ3n) is 6.03. The van der Waals surface area contributed by atoms with Gasteiger partial charge in [0.1, 0.15) is 12.6 Å². The molecule has 0 amide bonds. The molecule has 0 spiro atoms. The van der Waals surface area contributed by atoms with Crippen molar-refractivity contribution in [2.45, 2.75) is 64.2 Å². The number of hydrogen-bond donors (Lipinski definition) is 0. The van der Waals surface area contributed by atoms with Crippen molar-refractivity contribution in [1.29, 1.82) is 0 Å². The van der Waals surface area contributed by atoms with Crippen LogP contribution in [0.5, 0.6) is 0 Å². The minimum absolute atomic E-state index is 0.258. The number of hydrogen-bond acceptors (Lipinski definition) is 2. The molecule has 0 fully saturated rings. The van der Waals surface area contributed by atoms with Crippen molar-refractivity contribution in [3.05, 3.63) is 69.8 Å². The van der Waals surface area contributed by atoms with Crippen LogP contribution in [0.25, 0.3) is 0 Å². The molecule has 4 rings (SSSR count). The Morgan fingerprint density at radius 1 is 0.692 bits per heavy atom. The van der Waals surface area contributed by atoms with E-state index in [0.717, 1.165) is 36.5 Å². The SMILES string of the molecule is CC1(C)CCc2cc(C=O)ccc21.CC1(C)CCc2ccc(C=O)cc21. The van der Waals surface area contributed by atoms with E-state index >= 15 is 0 Å². The summed E-state index contributed by atoms with van der Waals surface area (Å²) < 4.78 is 0. The van der Waals surface area contributed by atoms with Crippen LogP contribution in [-0.2, 0) is 23.7 Å². The van der Waals surface area contributed by atoms with Gasteiger partial charge in [-0.05, 0) is 70.9 Å². The van der Waals surface area contributed by atoms with Crippen LogP contribution in [0.2, 0.25) is 0 Å². The quantitative estimate of drug-likeness (QED) is 0.677. The minimum Gasteiger partial charge on any atom is -0.298 e. The standard InChI is InChI=1S/2C12H14O/c1-12(2)6-5-10-7-9(8-13)3-4-11(10)12;1-12(2)6-5-10-4-3-9(8-13)7-11(10)12/h2*3-4,7-8H,5-6H2,1-2H3. The Morgan fingerprint density at radius 3 is 1.88 bits per heavy atom. The van der Waals surface area contributed by atoms with Gasteiger partial charge < -0.3 is 0 Å².